The van der Waals surface area contributed by atoms with Gasteiger partial charge in [-0.05, 0) is 71.6 Å². The van der Waals surface area contributed by atoms with Crippen LogP contribution in [0.15, 0.2) is 18.2 Å². The standard InChI is InChI=1S/C19H27BF3NO5/c1-16(2,3)27-15(25)24-11-12-10-13(26-19(21,22)23)8-9-14(12)20-28-17(4,5)18(6,7)29-20/h8-10H,11H2,1-7H3,(H,24,25). The fourth-order valence-corrected chi connectivity index (χ4v) is 2.61. The van der Waals surface area contributed by atoms with Gasteiger partial charge in [0.25, 0.3) is 0 Å². The minimum atomic E-state index is -4.83. The zero-order chi connectivity index (χ0) is 22.3. The molecular formula is C19H27BF3NO5. The van der Waals surface area contributed by atoms with E-state index in [0.29, 0.717) is 11.0 Å². The summed E-state index contributed by atoms with van der Waals surface area (Å²) in [5.74, 6) is -0.404. The molecule has 1 aliphatic rings. The first kappa shape index (κ1) is 23.3. The van der Waals surface area contributed by atoms with Gasteiger partial charge in [0.15, 0.2) is 0 Å². The third-order valence-electron chi connectivity index (χ3n) is 4.68. The van der Waals surface area contributed by atoms with E-state index >= 15 is 0 Å². The number of alkyl carbamates (subject to hydrolysis) is 1. The Morgan fingerprint density at radius 3 is 2.14 bits per heavy atom. The van der Waals surface area contributed by atoms with Crippen LogP contribution in [-0.4, -0.2) is 36.4 Å². The van der Waals surface area contributed by atoms with Crippen molar-refractivity contribution >= 4 is 18.7 Å². The zero-order valence-electron chi connectivity index (χ0n) is 17.7. The molecule has 6 nitrogen and oxygen atoms in total. The first-order valence-corrected chi connectivity index (χ1v) is 9.20. The van der Waals surface area contributed by atoms with Crippen molar-refractivity contribution in [1.29, 1.82) is 0 Å². The van der Waals surface area contributed by atoms with Crippen LogP contribution in [0.1, 0.15) is 54.0 Å². The second-order valence-electron chi connectivity index (χ2n) is 8.85. The van der Waals surface area contributed by atoms with E-state index in [-0.39, 0.29) is 6.54 Å². The van der Waals surface area contributed by atoms with Crippen molar-refractivity contribution in [1.82, 2.24) is 5.32 Å². The maximum absolute atomic E-state index is 12.6. The van der Waals surface area contributed by atoms with Gasteiger partial charge in [0.05, 0.1) is 11.2 Å². The lowest BCUT2D eigenvalue weighted by Gasteiger charge is -2.32. The lowest BCUT2D eigenvalue weighted by atomic mass is 9.76. The van der Waals surface area contributed by atoms with E-state index in [4.69, 9.17) is 14.0 Å². The van der Waals surface area contributed by atoms with Gasteiger partial charge in [-0.2, -0.15) is 0 Å². The Morgan fingerprint density at radius 1 is 1.10 bits per heavy atom. The molecule has 2 rings (SSSR count). The highest BCUT2D eigenvalue weighted by Gasteiger charge is 2.52. The number of nitrogens with one attached hydrogen (secondary N) is 1. The summed E-state index contributed by atoms with van der Waals surface area (Å²) in [7, 11) is -0.810. The molecule has 1 fully saturated rings. The quantitative estimate of drug-likeness (QED) is 0.753. The summed E-state index contributed by atoms with van der Waals surface area (Å²) in [5.41, 5.74) is -1.12. The number of carbonyl (C=O) groups excluding carboxylic acids is 1. The average molecular weight is 417 g/mol. The molecule has 0 aromatic heterocycles. The van der Waals surface area contributed by atoms with Gasteiger partial charge >= 0.3 is 19.6 Å². The van der Waals surface area contributed by atoms with Crippen molar-refractivity contribution in [3.05, 3.63) is 23.8 Å². The molecule has 1 aromatic rings. The summed E-state index contributed by atoms with van der Waals surface area (Å²) in [6, 6.07) is 3.82. The van der Waals surface area contributed by atoms with Gasteiger partial charge in [0.2, 0.25) is 0 Å². The Labute approximate surface area is 169 Å². The number of alkyl halides is 3. The number of ether oxygens (including phenoxy) is 2. The number of rotatable bonds is 4. The Morgan fingerprint density at radius 2 is 1.66 bits per heavy atom. The van der Waals surface area contributed by atoms with Crippen LogP contribution in [0.25, 0.3) is 0 Å². The third kappa shape index (κ3) is 6.27. The van der Waals surface area contributed by atoms with Crippen molar-refractivity contribution in [2.75, 3.05) is 0 Å². The van der Waals surface area contributed by atoms with Crippen LogP contribution in [-0.2, 0) is 20.6 Å². The summed E-state index contributed by atoms with van der Waals surface area (Å²) in [6.07, 6.45) is -5.53. The van der Waals surface area contributed by atoms with E-state index in [2.05, 4.69) is 10.1 Å². The van der Waals surface area contributed by atoms with E-state index in [0.717, 1.165) is 0 Å². The predicted octanol–water partition coefficient (Wildman–Crippen LogP) is 3.91. The van der Waals surface area contributed by atoms with E-state index < -0.39 is 42.1 Å². The number of hydrogen-bond donors (Lipinski definition) is 1. The Balaban J connectivity index is 2.29. The monoisotopic (exact) mass is 417 g/mol. The molecule has 0 bridgehead atoms. The van der Waals surface area contributed by atoms with Crippen molar-refractivity contribution in [2.45, 2.75) is 78.2 Å². The zero-order valence-corrected chi connectivity index (χ0v) is 17.7. The molecule has 1 aliphatic heterocycles. The Bertz CT molecular complexity index is 743. The SMILES string of the molecule is CC(C)(C)OC(=O)NCc1cc(OC(F)(F)F)ccc1B1OC(C)(C)C(C)(C)O1. The van der Waals surface area contributed by atoms with Crippen molar-refractivity contribution < 1.29 is 36.7 Å². The summed E-state index contributed by atoms with van der Waals surface area (Å²) in [4.78, 5) is 12.0. The Kier molecular flexibility index (Phi) is 6.21. The molecule has 0 saturated carbocycles. The van der Waals surface area contributed by atoms with E-state index in [1.54, 1.807) is 20.8 Å². The minimum Gasteiger partial charge on any atom is -0.444 e. The number of benzene rings is 1. The lowest BCUT2D eigenvalue weighted by Crippen LogP contribution is -2.41. The molecule has 0 unspecified atom stereocenters. The number of amides is 1. The van der Waals surface area contributed by atoms with Crippen LogP contribution in [0.3, 0.4) is 0 Å². The van der Waals surface area contributed by atoms with E-state index in [1.807, 2.05) is 27.7 Å². The van der Waals surface area contributed by atoms with Crippen LogP contribution in [0, 0.1) is 0 Å². The van der Waals surface area contributed by atoms with Gasteiger partial charge in [-0.1, -0.05) is 6.07 Å². The molecular weight excluding hydrogens is 390 g/mol. The summed E-state index contributed by atoms with van der Waals surface area (Å²) >= 11 is 0. The van der Waals surface area contributed by atoms with Gasteiger partial charge in [-0.15, -0.1) is 13.2 Å². The van der Waals surface area contributed by atoms with Gasteiger partial charge < -0.3 is 24.1 Å². The second-order valence-corrected chi connectivity index (χ2v) is 8.85. The normalized spacial score (nSPS) is 18.5. The number of carbonyl (C=O) groups is 1. The number of hydrogen-bond acceptors (Lipinski definition) is 5. The fourth-order valence-electron chi connectivity index (χ4n) is 2.61. The molecule has 29 heavy (non-hydrogen) atoms. The van der Waals surface area contributed by atoms with Gasteiger partial charge in [-0.25, -0.2) is 4.79 Å². The van der Waals surface area contributed by atoms with Gasteiger partial charge in [-0.3, -0.25) is 0 Å². The molecule has 0 aliphatic carbocycles. The molecule has 1 N–H and O–H groups in total. The minimum absolute atomic E-state index is 0.0939. The first-order valence-electron chi connectivity index (χ1n) is 9.20. The Hall–Kier alpha value is -1.94. The maximum Gasteiger partial charge on any atom is 0.573 e. The molecule has 1 saturated heterocycles. The fraction of sp³-hybridized carbons (Fsp3) is 0.632. The van der Waals surface area contributed by atoms with Crippen LogP contribution in [0.4, 0.5) is 18.0 Å². The van der Waals surface area contributed by atoms with E-state index in [9.17, 15) is 18.0 Å². The van der Waals surface area contributed by atoms with Gasteiger partial charge in [0.1, 0.15) is 11.4 Å². The topological polar surface area (TPSA) is 66.0 Å². The highest BCUT2D eigenvalue weighted by molar-refractivity contribution is 6.62. The summed E-state index contributed by atoms with van der Waals surface area (Å²) < 4.78 is 59.0. The molecule has 1 heterocycles. The van der Waals surface area contributed by atoms with Crippen LogP contribution >= 0.6 is 0 Å². The summed E-state index contributed by atoms with van der Waals surface area (Å²) in [5, 5.41) is 2.54. The van der Waals surface area contributed by atoms with Crippen molar-refractivity contribution in [3.8, 4) is 5.75 Å². The van der Waals surface area contributed by atoms with Gasteiger partial charge in [0, 0.05) is 6.54 Å². The molecule has 1 aromatic carbocycles. The van der Waals surface area contributed by atoms with Crippen LogP contribution in [0.2, 0.25) is 0 Å². The third-order valence-corrected chi connectivity index (χ3v) is 4.68. The molecule has 10 heteroatoms. The molecule has 1 amide bonds. The molecule has 162 valence electrons. The highest BCUT2D eigenvalue weighted by Crippen LogP contribution is 2.37. The van der Waals surface area contributed by atoms with E-state index in [1.165, 1.54) is 18.2 Å². The second kappa shape index (κ2) is 7.72. The lowest BCUT2D eigenvalue weighted by molar-refractivity contribution is -0.274. The maximum atomic E-state index is 12.6. The van der Waals surface area contributed by atoms with Crippen LogP contribution in [0.5, 0.6) is 5.75 Å². The van der Waals surface area contributed by atoms with Crippen LogP contribution < -0.4 is 15.5 Å². The van der Waals surface area contributed by atoms with Crippen molar-refractivity contribution in [2.24, 2.45) is 0 Å². The predicted molar refractivity (Wildman–Crippen MR) is 102 cm³/mol. The largest absolute Gasteiger partial charge is 0.573 e. The first-order chi connectivity index (χ1) is 13.0. The molecule has 0 radical (unpaired) electrons. The van der Waals surface area contributed by atoms with Crippen molar-refractivity contribution in [3.63, 3.8) is 0 Å². The molecule has 0 atom stereocenters. The smallest absolute Gasteiger partial charge is 0.444 e. The average Bonchev–Trinajstić information content (AvgIpc) is 2.70. The summed E-state index contributed by atoms with van der Waals surface area (Å²) in [6.45, 7) is 12.5. The number of halogens is 3. The highest BCUT2D eigenvalue weighted by atomic mass is 19.4. The molecule has 0 spiro atoms.